The molecule has 0 N–H and O–H groups in total. The number of rotatable bonds is 4. The summed E-state index contributed by atoms with van der Waals surface area (Å²) >= 11 is 0. The SMILES string of the molecule is Cc1c(CN2CCN(c3ccccc3)C[C@@H]2C)c(=O)n(-c2ccccc2)n1C. The first-order chi connectivity index (χ1) is 13.6. The maximum atomic E-state index is 13.2. The average molecular weight is 377 g/mol. The monoisotopic (exact) mass is 376 g/mol. The number of aromatic nitrogens is 2. The molecular weight excluding hydrogens is 348 g/mol. The van der Waals surface area contributed by atoms with Gasteiger partial charge in [-0.05, 0) is 38.1 Å². The lowest BCUT2D eigenvalue weighted by atomic mass is 10.1. The lowest BCUT2D eigenvalue weighted by Crippen LogP contribution is -2.51. The molecule has 0 saturated carbocycles. The molecule has 5 nitrogen and oxygen atoms in total. The summed E-state index contributed by atoms with van der Waals surface area (Å²) in [5, 5.41) is 0. The third kappa shape index (κ3) is 3.38. The maximum absolute atomic E-state index is 13.2. The zero-order valence-electron chi connectivity index (χ0n) is 16.9. The molecule has 5 heteroatoms. The van der Waals surface area contributed by atoms with Crippen LogP contribution in [0.3, 0.4) is 0 Å². The van der Waals surface area contributed by atoms with Crippen LogP contribution in [0.15, 0.2) is 65.5 Å². The molecule has 0 spiro atoms. The summed E-state index contributed by atoms with van der Waals surface area (Å²) in [7, 11) is 1.96. The van der Waals surface area contributed by atoms with Crippen molar-refractivity contribution >= 4 is 5.69 Å². The predicted molar refractivity (Wildman–Crippen MR) is 114 cm³/mol. The third-order valence-corrected chi connectivity index (χ3v) is 5.92. The molecular formula is C23H28N4O. The molecule has 0 radical (unpaired) electrons. The Hall–Kier alpha value is -2.79. The minimum atomic E-state index is 0.0869. The van der Waals surface area contributed by atoms with E-state index in [0.29, 0.717) is 12.6 Å². The Morgan fingerprint density at radius 1 is 0.929 bits per heavy atom. The number of anilines is 1. The molecule has 1 aliphatic rings. The topological polar surface area (TPSA) is 33.4 Å². The van der Waals surface area contributed by atoms with Crippen molar-refractivity contribution in [2.45, 2.75) is 26.4 Å². The molecule has 2 heterocycles. The Morgan fingerprint density at radius 2 is 1.54 bits per heavy atom. The molecule has 0 bridgehead atoms. The molecule has 1 atom stereocenters. The van der Waals surface area contributed by atoms with E-state index in [0.717, 1.165) is 36.6 Å². The van der Waals surface area contributed by atoms with Gasteiger partial charge in [0.2, 0.25) is 0 Å². The van der Waals surface area contributed by atoms with Crippen molar-refractivity contribution in [2.75, 3.05) is 24.5 Å². The van der Waals surface area contributed by atoms with Crippen molar-refractivity contribution < 1.29 is 0 Å². The van der Waals surface area contributed by atoms with Gasteiger partial charge in [-0.25, -0.2) is 4.68 Å². The van der Waals surface area contributed by atoms with Gasteiger partial charge in [0.05, 0.1) is 11.3 Å². The average Bonchev–Trinajstić information content (AvgIpc) is 2.94. The van der Waals surface area contributed by atoms with Gasteiger partial charge in [-0.3, -0.25) is 14.4 Å². The number of para-hydroxylation sites is 2. The van der Waals surface area contributed by atoms with Gasteiger partial charge < -0.3 is 4.90 Å². The minimum absolute atomic E-state index is 0.0869. The number of hydrogen-bond donors (Lipinski definition) is 0. The fourth-order valence-corrected chi connectivity index (χ4v) is 4.11. The van der Waals surface area contributed by atoms with Crippen LogP contribution >= 0.6 is 0 Å². The highest BCUT2D eigenvalue weighted by atomic mass is 16.1. The lowest BCUT2D eigenvalue weighted by Gasteiger charge is -2.40. The second-order valence-corrected chi connectivity index (χ2v) is 7.64. The molecule has 28 heavy (non-hydrogen) atoms. The molecule has 0 aliphatic carbocycles. The molecule has 146 valence electrons. The van der Waals surface area contributed by atoms with Crippen LogP contribution in [0.4, 0.5) is 5.69 Å². The van der Waals surface area contributed by atoms with Crippen LogP contribution in [-0.2, 0) is 13.6 Å². The Balaban J connectivity index is 1.55. The second-order valence-electron chi connectivity index (χ2n) is 7.64. The van der Waals surface area contributed by atoms with E-state index in [-0.39, 0.29) is 5.56 Å². The van der Waals surface area contributed by atoms with Crippen LogP contribution in [0.25, 0.3) is 5.69 Å². The van der Waals surface area contributed by atoms with Crippen LogP contribution in [-0.4, -0.2) is 39.9 Å². The first kappa shape index (κ1) is 18.6. The van der Waals surface area contributed by atoms with Gasteiger partial charge in [0.1, 0.15) is 0 Å². The predicted octanol–water partition coefficient (Wildman–Crippen LogP) is 3.20. The Kier molecular flexibility index (Phi) is 5.09. The second kappa shape index (κ2) is 7.68. The summed E-state index contributed by atoms with van der Waals surface area (Å²) in [4.78, 5) is 18.0. The van der Waals surface area contributed by atoms with Crippen LogP contribution in [0, 0.1) is 6.92 Å². The minimum Gasteiger partial charge on any atom is -0.369 e. The molecule has 4 rings (SSSR count). The molecule has 3 aromatic rings. The first-order valence-corrected chi connectivity index (χ1v) is 9.93. The third-order valence-electron chi connectivity index (χ3n) is 5.92. The molecule has 1 aliphatic heterocycles. The molecule has 0 amide bonds. The van der Waals surface area contributed by atoms with Crippen molar-refractivity contribution in [3.63, 3.8) is 0 Å². The number of benzene rings is 2. The van der Waals surface area contributed by atoms with Gasteiger partial charge in [0.25, 0.3) is 5.56 Å². The lowest BCUT2D eigenvalue weighted by molar-refractivity contribution is 0.180. The van der Waals surface area contributed by atoms with E-state index < -0.39 is 0 Å². The Labute approximate surface area is 166 Å². The van der Waals surface area contributed by atoms with E-state index in [2.05, 4.69) is 47.1 Å². The Bertz CT molecular complexity index is 991. The number of nitrogens with zero attached hydrogens (tertiary/aromatic N) is 4. The zero-order valence-corrected chi connectivity index (χ0v) is 16.9. The van der Waals surface area contributed by atoms with Gasteiger partial charge in [0.15, 0.2) is 0 Å². The summed E-state index contributed by atoms with van der Waals surface area (Å²) in [5.74, 6) is 0. The van der Waals surface area contributed by atoms with Crippen molar-refractivity contribution in [2.24, 2.45) is 7.05 Å². The van der Waals surface area contributed by atoms with Gasteiger partial charge in [-0.1, -0.05) is 36.4 Å². The van der Waals surface area contributed by atoms with Crippen molar-refractivity contribution in [1.29, 1.82) is 0 Å². The van der Waals surface area contributed by atoms with Crippen molar-refractivity contribution in [1.82, 2.24) is 14.3 Å². The Morgan fingerprint density at radius 3 is 2.14 bits per heavy atom. The van der Waals surface area contributed by atoms with E-state index in [1.165, 1.54) is 5.69 Å². The summed E-state index contributed by atoms with van der Waals surface area (Å²) in [6, 6.07) is 20.8. The quantitative estimate of drug-likeness (QED) is 0.701. The van der Waals surface area contributed by atoms with Gasteiger partial charge in [-0.2, -0.15) is 0 Å². The van der Waals surface area contributed by atoms with E-state index in [9.17, 15) is 4.79 Å². The standard InChI is InChI=1S/C23H28N4O/c1-18-16-26(20-10-6-4-7-11-20)15-14-25(18)17-22-19(2)24(3)27(23(22)28)21-12-8-5-9-13-21/h4-13,18H,14-17H2,1-3H3/t18-/m0/s1. The summed E-state index contributed by atoms with van der Waals surface area (Å²) in [6.07, 6.45) is 0. The fraction of sp³-hybridized carbons (Fsp3) is 0.348. The van der Waals surface area contributed by atoms with Crippen LogP contribution in [0.5, 0.6) is 0 Å². The first-order valence-electron chi connectivity index (χ1n) is 9.93. The smallest absolute Gasteiger partial charge is 0.276 e. The van der Waals surface area contributed by atoms with Crippen LogP contribution < -0.4 is 10.5 Å². The summed E-state index contributed by atoms with van der Waals surface area (Å²) < 4.78 is 3.74. The van der Waals surface area contributed by atoms with Gasteiger partial charge >= 0.3 is 0 Å². The van der Waals surface area contributed by atoms with E-state index >= 15 is 0 Å². The van der Waals surface area contributed by atoms with E-state index in [4.69, 9.17) is 0 Å². The highest BCUT2D eigenvalue weighted by molar-refractivity contribution is 5.46. The van der Waals surface area contributed by atoms with E-state index in [1.807, 2.05) is 49.0 Å². The highest BCUT2D eigenvalue weighted by Crippen LogP contribution is 2.21. The molecule has 1 aromatic heterocycles. The summed E-state index contributed by atoms with van der Waals surface area (Å²) in [5.41, 5.74) is 4.20. The number of hydrogen-bond acceptors (Lipinski definition) is 3. The number of piperazine rings is 1. The molecule has 1 saturated heterocycles. The largest absolute Gasteiger partial charge is 0.369 e. The normalized spacial score (nSPS) is 17.8. The molecule has 0 unspecified atom stereocenters. The van der Waals surface area contributed by atoms with Crippen LogP contribution in [0.2, 0.25) is 0 Å². The molecule has 1 fully saturated rings. The molecule has 2 aromatic carbocycles. The van der Waals surface area contributed by atoms with Crippen molar-refractivity contribution in [3.8, 4) is 5.69 Å². The fourth-order valence-electron chi connectivity index (χ4n) is 4.11. The van der Waals surface area contributed by atoms with Gasteiger partial charge in [0, 0.05) is 50.6 Å². The summed E-state index contributed by atoms with van der Waals surface area (Å²) in [6.45, 7) is 7.90. The van der Waals surface area contributed by atoms with Gasteiger partial charge in [-0.15, -0.1) is 0 Å². The van der Waals surface area contributed by atoms with E-state index in [1.54, 1.807) is 4.68 Å². The maximum Gasteiger partial charge on any atom is 0.276 e. The zero-order chi connectivity index (χ0) is 19.7. The van der Waals surface area contributed by atoms with Crippen LogP contribution in [0.1, 0.15) is 18.2 Å². The van der Waals surface area contributed by atoms with Crippen molar-refractivity contribution in [3.05, 3.63) is 82.3 Å². The highest BCUT2D eigenvalue weighted by Gasteiger charge is 2.26.